The molecule has 0 radical (unpaired) electrons. The highest BCUT2D eigenvalue weighted by atomic mass is 16.3. The number of nitrogens with zero attached hydrogens (tertiary/aromatic N) is 3. The van der Waals surface area contributed by atoms with E-state index in [4.69, 9.17) is 0 Å². The van der Waals surface area contributed by atoms with Crippen LogP contribution in [-0.4, -0.2) is 37.8 Å². The molecule has 0 unspecified atom stereocenters. The SMILES string of the molecule is CCCC(O)(CCC)CC(=O)N1CCc2nn(C)c(=O)cc2C1. The summed E-state index contributed by atoms with van der Waals surface area (Å²) in [4.78, 5) is 26.0. The lowest BCUT2D eigenvalue weighted by Crippen LogP contribution is -2.42. The second kappa shape index (κ2) is 7.25. The minimum Gasteiger partial charge on any atom is -0.389 e. The van der Waals surface area contributed by atoms with E-state index >= 15 is 0 Å². The van der Waals surface area contributed by atoms with Crippen molar-refractivity contribution in [1.82, 2.24) is 14.7 Å². The fourth-order valence-electron chi connectivity index (χ4n) is 3.33. The first-order chi connectivity index (χ1) is 10.9. The van der Waals surface area contributed by atoms with E-state index in [-0.39, 0.29) is 17.9 Å². The van der Waals surface area contributed by atoms with Crippen LogP contribution in [0.4, 0.5) is 0 Å². The molecule has 0 atom stereocenters. The molecule has 2 heterocycles. The van der Waals surface area contributed by atoms with E-state index in [1.165, 1.54) is 4.68 Å². The predicted octanol–water partition coefficient (Wildman–Crippen LogP) is 1.39. The zero-order valence-electron chi connectivity index (χ0n) is 14.3. The summed E-state index contributed by atoms with van der Waals surface area (Å²) in [7, 11) is 1.63. The molecule has 1 N–H and O–H groups in total. The summed E-state index contributed by atoms with van der Waals surface area (Å²) in [6.45, 7) is 5.03. The van der Waals surface area contributed by atoms with Gasteiger partial charge in [0.25, 0.3) is 5.56 Å². The summed E-state index contributed by atoms with van der Waals surface area (Å²) in [6.07, 6.45) is 3.79. The van der Waals surface area contributed by atoms with Crippen LogP contribution in [0.15, 0.2) is 10.9 Å². The monoisotopic (exact) mass is 321 g/mol. The van der Waals surface area contributed by atoms with Gasteiger partial charge in [-0.1, -0.05) is 26.7 Å². The van der Waals surface area contributed by atoms with Gasteiger partial charge in [0.2, 0.25) is 5.91 Å². The van der Waals surface area contributed by atoms with Crippen molar-refractivity contribution >= 4 is 5.91 Å². The lowest BCUT2D eigenvalue weighted by Gasteiger charge is -2.33. The first kappa shape index (κ1) is 17.7. The molecule has 0 aromatic carbocycles. The van der Waals surface area contributed by atoms with Gasteiger partial charge in [0.15, 0.2) is 0 Å². The van der Waals surface area contributed by atoms with Crippen molar-refractivity contribution < 1.29 is 9.90 Å². The number of aromatic nitrogens is 2. The van der Waals surface area contributed by atoms with Crippen LogP contribution in [-0.2, 0) is 24.8 Å². The van der Waals surface area contributed by atoms with E-state index in [1.807, 2.05) is 13.8 Å². The molecule has 1 aliphatic heterocycles. The van der Waals surface area contributed by atoms with Gasteiger partial charge in [-0.15, -0.1) is 0 Å². The zero-order valence-corrected chi connectivity index (χ0v) is 14.3. The van der Waals surface area contributed by atoms with Gasteiger partial charge >= 0.3 is 0 Å². The van der Waals surface area contributed by atoms with Crippen molar-refractivity contribution in [2.24, 2.45) is 7.05 Å². The highest BCUT2D eigenvalue weighted by Gasteiger charge is 2.31. The van der Waals surface area contributed by atoms with Crippen molar-refractivity contribution in [1.29, 1.82) is 0 Å². The number of amides is 1. The Morgan fingerprint density at radius 2 is 2.00 bits per heavy atom. The number of carbonyl (C=O) groups excluding carboxylic acids is 1. The Morgan fingerprint density at radius 3 is 2.61 bits per heavy atom. The molecule has 6 nitrogen and oxygen atoms in total. The predicted molar refractivity (Wildman–Crippen MR) is 88.0 cm³/mol. The van der Waals surface area contributed by atoms with Gasteiger partial charge in [0.1, 0.15) is 0 Å². The molecule has 0 saturated carbocycles. The van der Waals surface area contributed by atoms with E-state index in [2.05, 4.69) is 5.10 Å². The molecular formula is C17H27N3O3. The molecule has 1 aromatic heterocycles. The molecule has 6 heteroatoms. The van der Waals surface area contributed by atoms with Gasteiger partial charge in [0, 0.05) is 38.2 Å². The van der Waals surface area contributed by atoms with Crippen molar-refractivity contribution in [3.8, 4) is 0 Å². The van der Waals surface area contributed by atoms with E-state index in [9.17, 15) is 14.7 Å². The maximum absolute atomic E-state index is 12.6. The molecule has 0 bridgehead atoms. The molecular weight excluding hydrogens is 294 g/mol. The summed E-state index contributed by atoms with van der Waals surface area (Å²) in [5.41, 5.74) is 0.633. The molecule has 128 valence electrons. The lowest BCUT2D eigenvalue weighted by molar-refractivity contribution is -0.138. The average molecular weight is 321 g/mol. The summed E-state index contributed by atoms with van der Waals surface area (Å²) in [5, 5.41) is 14.9. The molecule has 1 aliphatic rings. The van der Waals surface area contributed by atoms with Crippen LogP contribution in [0.5, 0.6) is 0 Å². The molecule has 0 aliphatic carbocycles. The maximum Gasteiger partial charge on any atom is 0.266 e. The zero-order chi connectivity index (χ0) is 17.0. The average Bonchev–Trinajstić information content (AvgIpc) is 2.48. The molecule has 1 amide bonds. The lowest BCUT2D eigenvalue weighted by atomic mass is 9.88. The van der Waals surface area contributed by atoms with Crippen LogP contribution in [0, 0.1) is 0 Å². The number of hydrogen-bond acceptors (Lipinski definition) is 4. The van der Waals surface area contributed by atoms with Crippen molar-refractivity contribution in [3.05, 3.63) is 27.7 Å². The van der Waals surface area contributed by atoms with Crippen LogP contribution >= 0.6 is 0 Å². The topological polar surface area (TPSA) is 75.4 Å². The number of hydrogen-bond donors (Lipinski definition) is 1. The smallest absolute Gasteiger partial charge is 0.266 e. The maximum atomic E-state index is 12.6. The standard InChI is InChI=1S/C17H27N3O3/c1-4-7-17(23,8-5-2)11-16(22)20-9-6-14-13(12-20)10-15(21)19(3)18-14/h10,23H,4-9,11-12H2,1-3H3. The molecule has 0 spiro atoms. The Bertz CT molecular complexity index is 618. The number of aliphatic hydroxyl groups is 1. The van der Waals surface area contributed by atoms with Gasteiger partial charge in [-0.25, -0.2) is 4.68 Å². The Kier molecular flexibility index (Phi) is 5.57. The quantitative estimate of drug-likeness (QED) is 0.859. The molecule has 23 heavy (non-hydrogen) atoms. The highest BCUT2D eigenvalue weighted by molar-refractivity contribution is 5.77. The van der Waals surface area contributed by atoms with Crippen LogP contribution in [0.2, 0.25) is 0 Å². The molecule has 1 aromatic rings. The second-order valence-electron chi connectivity index (χ2n) is 6.54. The Balaban J connectivity index is 2.09. The Morgan fingerprint density at radius 1 is 1.35 bits per heavy atom. The van der Waals surface area contributed by atoms with Crippen LogP contribution in [0.3, 0.4) is 0 Å². The third-order valence-electron chi connectivity index (χ3n) is 4.50. The second-order valence-corrected chi connectivity index (χ2v) is 6.54. The number of rotatable bonds is 6. The summed E-state index contributed by atoms with van der Waals surface area (Å²) < 4.78 is 1.33. The fourth-order valence-corrected chi connectivity index (χ4v) is 3.33. The van der Waals surface area contributed by atoms with Gasteiger partial charge in [0.05, 0.1) is 17.7 Å². The van der Waals surface area contributed by atoms with Crippen molar-refractivity contribution in [2.75, 3.05) is 6.54 Å². The minimum atomic E-state index is -0.911. The first-order valence-corrected chi connectivity index (χ1v) is 8.45. The van der Waals surface area contributed by atoms with E-state index in [0.29, 0.717) is 32.4 Å². The van der Waals surface area contributed by atoms with Crippen LogP contribution in [0.25, 0.3) is 0 Å². The Hall–Kier alpha value is -1.69. The highest BCUT2D eigenvalue weighted by Crippen LogP contribution is 2.26. The normalized spacial score (nSPS) is 14.7. The van der Waals surface area contributed by atoms with Gasteiger partial charge in [-0.05, 0) is 12.8 Å². The molecule has 2 rings (SSSR count). The largest absolute Gasteiger partial charge is 0.389 e. The number of carbonyl (C=O) groups is 1. The number of fused-ring (bicyclic) bond motifs is 1. The number of aryl methyl sites for hydroxylation is 1. The van der Waals surface area contributed by atoms with Crippen LogP contribution < -0.4 is 5.56 Å². The summed E-state index contributed by atoms with van der Waals surface area (Å²) in [6, 6.07) is 1.56. The summed E-state index contributed by atoms with van der Waals surface area (Å²) >= 11 is 0. The third kappa shape index (κ3) is 4.19. The van der Waals surface area contributed by atoms with Crippen LogP contribution in [0.1, 0.15) is 57.2 Å². The van der Waals surface area contributed by atoms with E-state index in [0.717, 1.165) is 24.1 Å². The first-order valence-electron chi connectivity index (χ1n) is 8.45. The van der Waals surface area contributed by atoms with Gasteiger partial charge in [-0.2, -0.15) is 5.10 Å². The molecule has 0 fully saturated rings. The molecule has 0 saturated heterocycles. The van der Waals surface area contributed by atoms with E-state index in [1.54, 1.807) is 18.0 Å². The minimum absolute atomic E-state index is 0.0410. The van der Waals surface area contributed by atoms with E-state index < -0.39 is 5.60 Å². The van der Waals surface area contributed by atoms with Gasteiger partial charge in [-0.3, -0.25) is 9.59 Å². The summed E-state index contributed by atoms with van der Waals surface area (Å²) in [5.74, 6) is -0.0410. The van der Waals surface area contributed by atoms with Crippen molar-refractivity contribution in [3.63, 3.8) is 0 Å². The van der Waals surface area contributed by atoms with Crippen molar-refractivity contribution in [2.45, 2.75) is 64.5 Å². The van der Waals surface area contributed by atoms with Gasteiger partial charge < -0.3 is 10.0 Å². The third-order valence-corrected chi connectivity index (χ3v) is 4.50. The Labute approximate surface area is 137 Å². The fraction of sp³-hybridized carbons (Fsp3) is 0.706.